The van der Waals surface area contributed by atoms with Gasteiger partial charge in [-0.3, -0.25) is 19.2 Å². The van der Waals surface area contributed by atoms with E-state index in [0.717, 1.165) is 10.9 Å². The topological polar surface area (TPSA) is 209 Å². The van der Waals surface area contributed by atoms with Gasteiger partial charge in [0.15, 0.2) is 0 Å². The molecular formula is C25H36N6O6S. The van der Waals surface area contributed by atoms with Gasteiger partial charge >= 0.3 is 5.97 Å². The van der Waals surface area contributed by atoms with Gasteiger partial charge in [-0.15, -0.1) is 0 Å². The summed E-state index contributed by atoms with van der Waals surface area (Å²) in [4.78, 5) is 65.2. The van der Waals surface area contributed by atoms with Crippen molar-refractivity contribution in [3.63, 3.8) is 0 Å². The number of carboxylic acids is 1. The quantitative estimate of drug-likeness (QED) is 0.159. The van der Waals surface area contributed by atoms with E-state index in [1.807, 2.05) is 30.5 Å². The lowest BCUT2D eigenvalue weighted by Crippen LogP contribution is -2.58. The molecule has 2 rings (SSSR count). The van der Waals surface area contributed by atoms with Crippen LogP contribution in [0.5, 0.6) is 0 Å². The average Bonchev–Trinajstić information content (AvgIpc) is 3.27. The number of nitrogens with one attached hydrogen (secondary N) is 4. The summed E-state index contributed by atoms with van der Waals surface area (Å²) in [6.07, 6.45) is 3.23. The molecule has 208 valence electrons. The molecule has 13 heteroatoms. The SMILES string of the molecule is CSCCC(NC(=O)C(N)C(C)C)C(=O)NC(Cc1c[nH]c2ccccc12)C(=O)NC(CC(N)=O)C(=O)O. The lowest BCUT2D eigenvalue weighted by molar-refractivity contribution is -0.143. The summed E-state index contributed by atoms with van der Waals surface area (Å²) in [5.41, 5.74) is 12.6. The summed E-state index contributed by atoms with van der Waals surface area (Å²) in [7, 11) is 0. The van der Waals surface area contributed by atoms with Gasteiger partial charge in [0.1, 0.15) is 18.1 Å². The largest absolute Gasteiger partial charge is 0.480 e. The van der Waals surface area contributed by atoms with Gasteiger partial charge in [-0.25, -0.2) is 4.79 Å². The molecule has 9 N–H and O–H groups in total. The summed E-state index contributed by atoms with van der Waals surface area (Å²) in [5, 5.41) is 17.9. The number of amides is 4. The first-order valence-corrected chi connectivity index (χ1v) is 13.6. The summed E-state index contributed by atoms with van der Waals surface area (Å²) >= 11 is 1.48. The Morgan fingerprint density at radius 2 is 1.58 bits per heavy atom. The number of hydrogen-bond donors (Lipinski definition) is 7. The molecule has 1 aromatic carbocycles. The minimum Gasteiger partial charge on any atom is -0.480 e. The van der Waals surface area contributed by atoms with Crippen LogP contribution in [0.2, 0.25) is 0 Å². The Bertz CT molecular complexity index is 1150. The predicted octanol–water partition coefficient (Wildman–Crippen LogP) is -0.139. The van der Waals surface area contributed by atoms with Crippen molar-refractivity contribution in [2.24, 2.45) is 17.4 Å². The van der Waals surface area contributed by atoms with E-state index in [-0.39, 0.29) is 18.8 Å². The molecule has 0 fully saturated rings. The normalized spacial score (nSPS) is 14.3. The number of H-pyrrole nitrogens is 1. The molecule has 0 bridgehead atoms. The third-order valence-electron chi connectivity index (χ3n) is 6.02. The molecule has 4 atom stereocenters. The van der Waals surface area contributed by atoms with Gasteiger partial charge in [-0.05, 0) is 36.0 Å². The number of hydrogen-bond acceptors (Lipinski definition) is 7. The number of aromatic amines is 1. The zero-order valence-electron chi connectivity index (χ0n) is 21.7. The average molecular weight is 549 g/mol. The Morgan fingerprint density at radius 1 is 0.974 bits per heavy atom. The molecule has 2 aromatic rings. The van der Waals surface area contributed by atoms with Crippen molar-refractivity contribution in [2.75, 3.05) is 12.0 Å². The maximum atomic E-state index is 13.3. The van der Waals surface area contributed by atoms with Gasteiger partial charge in [0.05, 0.1) is 12.5 Å². The molecule has 12 nitrogen and oxygen atoms in total. The fourth-order valence-corrected chi connectivity index (χ4v) is 4.22. The fraction of sp³-hybridized carbons (Fsp3) is 0.480. The molecule has 4 amide bonds. The third-order valence-corrected chi connectivity index (χ3v) is 6.66. The number of carbonyl (C=O) groups is 5. The number of aliphatic carboxylic acids is 1. The fourth-order valence-electron chi connectivity index (χ4n) is 3.75. The molecule has 1 aromatic heterocycles. The number of thioether (sulfide) groups is 1. The molecule has 0 aliphatic carbocycles. The van der Waals surface area contributed by atoms with Gasteiger partial charge in [-0.2, -0.15) is 11.8 Å². The van der Waals surface area contributed by atoms with E-state index in [1.54, 1.807) is 20.0 Å². The van der Waals surface area contributed by atoms with Crippen LogP contribution in [0.3, 0.4) is 0 Å². The first-order chi connectivity index (χ1) is 17.9. The van der Waals surface area contributed by atoms with Gasteiger partial charge in [0.25, 0.3) is 0 Å². The highest BCUT2D eigenvalue weighted by Crippen LogP contribution is 2.19. The highest BCUT2D eigenvalue weighted by molar-refractivity contribution is 7.98. The van der Waals surface area contributed by atoms with Crippen LogP contribution >= 0.6 is 11.8 Å². The lowest BCUT2D eigenvalue weighted by atomic mass is 10.0. The molecule has 0 saturated carbocycles. The number of aromatic nitrogens is 1. The van der Waals surface area contributed by atoms with Gasteiger partial charge in [0.2, 0.25) is 23.6 Å². The zero-order valence-corrected chi connectivity index (χ0v) is 22.5. The molecule has 0 saturated heterocycles. The first kappa shape index (κ1) is 30.6. The second kappa shape index (κ2) is 14.4. The third kappa shape index (κ3) is 8.77. The monoisotopic (exact) mass is 548 g/mol. The van der Waals surface area contributed by atoms with Crippen LogP contribution in [-0.2, 0) is 30.4 Å². The number of nitrogens with two attached hydrogens (primary N) is 2. The van der Waals surface area contributed by atoms with E-state index in [9.17, 15) is 29.1 Å². The Labute approximate surface area is 225 Å². The Morgan fingerprint density at radius 3 is 2.18 bits per heavy atom. The molecule has 0 radical (unpaired) electrons. The number of benzene rings is 1. The summed E-state index contributed by atoms with van der Waals surface area (Å²) in [6, 6.07) is 2.78. The molecule has 4 unspecified atom stereocenters. The van der Waals surface area contributed by atoms with Crippen LogP contribution in [0.1, 0.15) is 32.3 Å². The number of fused-ring (bicyclic) bond motifs is 1. The van der Waals surface area contributed by atoms with Crippen molar-refractivity contribution in [3.8, 4) is 0 Å². The number of para-hydroxylation sites is 1. The summed E-state index contributed by atoms with van der Waals surface area (Å²) < 4.78 is 0. The number of primary amides is 1. The van der Waals surface area contributed by atoms with Crippen molar-refractivity contribution in [3.05, 3.63) is 36.0 Å². The van der Waals surface area contributed by atoms with E-state index in [4.69, 9.17) is 11.5 Å². The molecule has 0 aliphatic rings. The van der Waals surface area contributed by atoms with Crippen LogP contribution in [-0.4, -0.2) is 75.9 Å². The minimum absolute atomic E-state index is 0.0131. The van der Waals surface area contributed by atoms with E-state index in [2.05, 4.69) is 20.9 Å². The highest BCUT2D eigenvalue weighted by Gasteiger charge is 2.31. The minimum atomic E-state index is -1.57. The van der Waals surface area contributed by atoms with Crippen LogP contribution in [0.15, 0.2) is 30.5 Å². The molecule has 0 spiro atoms. The standard InChI is InChI=1S/C25H36N6O6S/c1-13(2)21(27)24(35)29-17(8-9-38-3)22(33)30-18(23(34)31-19(25(36)37)11-20(26)32)10-14-12-28-16-7-5-4-6-15(14)16/h4-7,12-13,17-19,21,28H,8-11,27H2,1-3H3,(H2,26,32)(H,29,35)(H,30,33)(H,31,34)(H,36,37). The number of rotatable bonds is 15. The molecule has 38 heavy (non-hydrogen) atoms. The van der Waals surface area contributed by atoms with E-state index < -0.39 is 60.2 Å². The van der Waals surface area contributed by atoms with Crippen LogP contribution in [0, 0.1) is 5.92 Å². The predicted molar refractivity (Wildman–Crippen MR) is 145 cm³/mol. The smallest absolute Gasteiger partial charge is 0.326 e. The maximum absolute atomic E-state index is 13.3. The van der Waals surface area contributed by atoms with Crippen molar-refractivity contribution in [2.45, 2.75) is 57.3 Å². The van der Waals surface area contributed by atoms with Crippen molar-refractivity contribution < 1.29 is 29.1 Å². The number of carbonyl (C=O) groups excluding carboxylic acids is 4. The summed E-state index contributed by atoms with van der Waals surface area (Å²) in [6.45, 7) is 3.57. The maximum Gasteiger partial charge on any atom is 0.326 e. The zero-order chi connectivity index (χ0) is 28.4. The first-order valence-electron chi connectivity index (χ1n) is 12.2. The molecular weight excluding hydrogens is 512 g/mol. The second-order valence-corrected chi connectivity index (χ2v) is 10.3. The van der Waals surface area contributed by atoms with Crippen molar-refractivity contribution >= 4 is 52.3 Å². The van der Waals surface area contributed by atoms with Gasteiger partial charge in [0, 0.05) is 23.5 Å². The second-order valence-electron chi connectivity index (χ2n) is 9.31. The lowest BCUT2D eigenvalue weighted by Gasteiger charge is -2.25. The van der Waals surface area contributed by atoms with E-state index in [1.165, 1.54) is 11.8 Å². The van der Waals surface area contributed by atoms with E-state index in [0.29, 0.717) is 11.3 Å². The number of carboxylic acid groups (broad SMARTS) is 1. The molecule has 1 heterocycles. The highest BCUT2D eigenvalue weighted by atomic mass is 32.2. The summed E-state index contributed by atoms with van der Waals surface area (Å²) in [5.74, 6) is -3.88. The van der Waals surface area contributed by atoms with Crippen LogP contribution in [0.4, 0.5) is 0 Å². The Kier molecular flexibility index (Phi) is 11.6. The molecule has 0 aliphatic heterocycles. The Balaban J connectivity index is 2.33. The van der Waals surface area contributed by atoms with Crippen LogP contribution in [0.25, 0.3) is 10.9 Å². The van der Waals surface area contributed by atoms with Gasteiger partial charge < -0.3 is 37.5 Å². The van der Waals surface area contributed by atoms with E-state index >= 15 is 0 Å². The Hall–Kier alpha value is -3.58. The van der Waals surface area contributed by atoms with Crippen LogP contribution < -0.4 is 27.4 Å². The van der Waals surface area contributed by atoms with Crippen molar-refractivity contribution in [1.82, 2.24) is 20.9 Å². The van der Waals surface area contributed by atoms with Gasteiger partial charge in [-0.1, -0.05) is 32.0 Å². The van der Waals surface area contributed by atoms with Crippen molar-refractivity contribution in [1.29, 1.82) is 0 Å².